The summed E-state index contributed by atoms with van der Waals surface area (Å²) in [6.45, 7) is 2.31. The molecule has 0 saturated heterocycles. The monoisotopic (exact) mass is 228 g/mol. The van der Waals surface area contributed by atoms with Crippen molar-refractivity contribution >= 4 is 17.5 Å². The highest BCUT2D eigenvalue weighted by atomic mass is 35.5. The Morgan fingerprint density at radius 3 is 3.07 bits per heavy atom. The van der Waals surface area contributed by atoms with E-state index >= 15 is 0 Å². The summed E-state index contributed by atoms with van der Waals surface area (Å²) in [7, 11) is 1.59. The summed E-state index contributed by atoms with van der Waals surface area (Å²) in [6, 6.07) is 1.58. The lowest BCUT2D eigenvalue weighted by Gasteiger charge is -2.10. The second kappa shape index (κ2) is 5.68. The lowest BCUT2D eigenvalue weighted by Crippen LogP contribution is -2.31. The first-order valence-corrected chi connectivity index (χ1v) is 4.93. The molecule has 1 N–H and O–H groups in total. The molecule has 0 bridgehead atoms. The van der Waals surface area contributed by atoms with Gasteiger partial charge in [0.25, 0.3) is 5.91 Å². The number of rotatable bonds is 4. The first kappa shape index (κ1) is 11.9. The molecule has 1 atom stereocenters. The van der Waals surface area contributed by atoms with Gasteiger partial charge in [0, 0.05) is 26.0 Å². The second-order valence-electron chi connectivity index (χ2n) is 3.11. The van der Waals surface area contributed by atoms with Crippen molar-refractivity contribution in [3.63, 3.8) is 0 Å². The van der Waals surface area contributed by atoms with E-state index in [0.29, 0.717) is 17.1 Å². The summed E-state index contributed by atoms with van der Waals surface area (Å²) in [5, 5.41) is 3.10. The molecule has 1 rings (SSSR count). The molecule has 0 aliphatic carbocycles. The largest absolute Gasteiger partial charge is 0.380 e. The minimum absolute atomic E-state index is 0.0237. The van der Waals surface area contributed by atoms with E-state index in [4.69, 9.17) is 16.3 Å². The van der Waals surface area contributed by atoms with Crippen LogP contribution in [0, 0.1) is 0 Å². The molecule has 82 valence electrons. The van der Waals surface area contributed by atoms with Gasteiger partial charge in [-0.3, -0.25) is 9.78 Å². The van der Waals surface area contributed by atoms with Crippen LogP contribution in [0.1, 0.15) is 17.3 Å². The Labute approximate surface area is 93.6 Å². The van der Waals surface area contributed by atoms with Gasteiger partial charge in [0.15, 0.2) is 0 Å². The van der Waals surface area contributed by atoms with Gasteiger partial charge in [-0.15, -0.1) is 0 Å². The zero-order valence-electron chi connectivity index (χ0n) is 8.66. The molecule has 0 aliphatic rings. The fourth-order valence-corrected chi connectivity index (χ4v) is 1.15. The van der Waals surface area contributed by atoms with Crippen LogP contribution in [0.4, 0.5) is 0 Å². The highest BCUT2D eigenvalue weighted by Crippen LogP contribution is 2.12. The maximum absolute atomic E-state index is 11.6. The number of carbonyl (C=O) groups is 1. The van der Waals surface area contributed by atoms with Crippen molar-refractivity contribution in [1.82, 2.24) is 10.3 Å². The predicted octanol–water partition coefficient (Wildman–Crippen LogP) is 1.50. The number of pyridine rings is 1. The van der Waals surface area contributed by atoms with Gasteiger partial charge in [-0.05, 0) is 13.0 Å². The van der Waals surface area contributed by atoms with Crippen LogP contribution in [0.15, 0.2) is 18.5 Å². The van der Waals surface area contributed by atoms with E-state index in [1.807, 2.05) is 6.92 Å². The highest BCUT2D eigenvalue weighted by Gasteiger charge is 2.10. The average molecular weight is 229 g/mol. The maximum Gasteiger partial charge on any atom is 0.254 e. The Morgan fingerprint density at radius 1 is 1.73 bits per heavy atom. The van der Waals surface area contributed by atoms with Crippen molar-refractivity contribution in [3.05, 3.63) is 29.0 Å². The van der Waals surface area contributed by atoms with Crippen LogP contribution < -0.4 is 5.32 Å². The van der Waals surface area contributed by atoms with E-state index in [9.17, 15) is 4.79 Å². The fraction of sp³-hybridized carbons (Fsp3) is 0.400. The number of aromatic nitrogens is 1. The van der Waals surface area contributed by atoms with E-state index in [0.717, 1.165) is 0 Å². The molecule has 1 heterocycles. The first-order chi connectivity index (χ1) is 7.15. The summed E-state index contributed by atoms with van der Waals surface area (Å²) < 4.78 is 5.00. The number of nitrogens with zero attached hydrogens (tertiary/aromatic N) is 1. The van der Waals surface area contributed by atoms with Crippen LogP contribution in [0.25, 0.3) is 0 Å². The topological polar surface area (TPSA) is 51.2 Å². The highest BCUT2D eigenvalue weighted by molar-refractivity contribution is 6.33. The van der Waals surface area contributed by atoms with Gasteiger partial charge >= 0.3 is 0 Å². The molecule has 0 saturated carbocycles. The number of nitrogens with one attached hydrogen (secondary N) is 1. The third-order valence-electron chi connectivity index (χ3n) is 1.96. The molecule has 4 nitrogen and oxygen atoms in total. The van der Waals surface area contributed by atoms with Gasteiger partial charge in [-0.25, -0.2) is 0 Å². The number of hydrogen-bond acceptors (Lipinski definition) is 3. The second-order valence-corrected chi connectivity index (χ2v) is 3.52. The summed E-state index contributed by atoms with van der Waals surface area (Å²) >= 11 is 5.84. The molecule has 1 unspecified atom stereocenters. The van der Waals surface area contributed by atoms with Gasteiger partial charge in [0.2, 0.25) is 0 Å². The van der Waals surface area contributed by atoms with E-state index in [1.54, 1.807) is 13.2 Å². The third-order valence-corrected chi connectivity index (χ3v) is 2.29. The molecule has 0 aliphatic heterocycles. The molecule has 1 aromatic rings. The Morgan fingerprint density at radius 2 is 2.47 bits per heavy atom. The van der Waals surface area contributed by atoms with Crippen LogP contribution in [0.5, 0.6) is 0 Å². The number of halogens is 1. The standard InChI is InChI=1S/C10H13ClN2O2/c1-7(15-2)5-13-10(14)8-6-12-4-3-9(8)11/h3-4,6-7H,5H2,1-2H3,(H,13,14). The first-order valence-electron chi connectivity index (χ1n) is 4.55. The zero-order valence-corrected chi connectivity index (χ0v) is 9.41. The van der Waals surface area contributed by atoms with Gasteiger partial charge in [0.1, 0.15) is 0 Å². The molecule has 1 aromatic heterocycles. The SMILES string of the molecule is COC(C)CNC(=O)c1cnccc1Cl. The lowest BCUT2D eigenvalue weighted by atomic mass is 10.2. The lowest BCUT2D eigenvalue weighted by molar-refractivity contribution is 0.0870. The predicted molar refractivity (Wildman–Crippen MR) is 58.1 cm³/mol. The van der Waals surface area contributed by atoms with E-state index in [2.05, 4.69) is 10.3 Å². The molecule has 0 aromatic carbocycles. The maximum atomic E-state index is 11.6. The quantitative estimate of drug-likeness (QED) is 0.850. The Kier molecular flexibility index (Phi) is 4.52. The summed E-state index contributed by atoms with van der Waals surface area (Å²) in [6.07, 6.45) is 2.95. The van der Waals surface area contributed by atoms with E-state index < -0.39 is 0 Å². The van der Waals surface area contributed by atoms with Crippen LogP contribution in [0.3, 0.4) is 0 Å². The van der Waals surface area contributed by atoms with Crippen molar-refractivity contribution in [2.75, 3.05) is 13.7 Å². The molecule has 0 spiro atoms. The van der Waals surface area contributed by atoms with Gasteiger partial charge in [-0.1, -0.05) is 11.6 Å². The molecule has 0 fully saturated rings. The number of hydrogen-bond donors (Lipinski definition) is 1. The minimum Gasteiger partial charge on any atom is -0.380 e. The normalized spacial score (nSPS) is 12.2. The van der Waals surface area contributed by atoms with Gasteiger partial charge < -0.3 is 10.1 Å². The van der Waals surface area contributed by atoms with Gasteiger partial charge in [0.05, 0.1) is 16.7 Å². The Hall–Kier alpha value is -1.13. The average Bonchev–Trinajstić information content (AvgIpc) is 2.26. The minimum atomic E-state index is -0.239. The van der Waals surface area contributed by atoms with Crippen molar-refractivity contribution in [1.29, 1.82) is 0 Å². The van der Waals surface area contributed by atoms with Crippen LogP contribution in [-0.4, -0.2) is 30.6 Å². The van der Waals surface area contributed by atoms with Crippen molar-refractivity contribution in [2.45, 2.75) is 13.0 Å². The molecular formula is C10H13ClN2O2. The molecule has 15 heavy (non-hydrogen) atoms. The molecule has 0 radical (unpaired) electrons. The summed E-state index contributed by atoms with van der Waals surface area (Å²) in [5.74, 6) is -0.239. The fourth-order valence-electron chi connectivity index (χ4n) is 0.960. The summed E-state index contributed by atoms with van der Waals surface area (Å²) in [5.41, 5.74) is 0.377. The van der Waals surface area contributed by atoms with Crippen molar-refractivity contribution < 1.29 is 9.53 Å². The molecule has 1 amide bonds. The summed E-state index contributed by atoms with van der Waals surface area (Å²) in [4.78, 5) is 15.4. The number of amides is 1. The Bertz CT molecular complexity index is 344. The number of carbonyl (C=O) groups excluding carboxylic acids is 1. The zero-order chi connectivity index (χ0) is 11.3. The van der Waals surface area contributed by atoms with E-state index in [-0.39, 0.29) is 12.0 Å². The Balaban J connectivity index is 2.58. The molecule has 5 heteroatoms. The molecular weight excluding hydrogens is 216 g/mol. The van der Waals surface area contributed by atoms with Crippen LogP contribution in [-0.2, 0) is 4.74 Å². The number of ether oxygens (including phenoxy) is 1. The van der Waals surface area contributed by atoms with Gasteiger partial charge in [-0.2, -0.15) is 0 Å². The van der Waals surface area contributed by atoms with Crippen molar-refractivity contribution in [2.24, 2.45) is 0 Å². The van der Waals surface area contributed by atoms with Crippen LogP contribution >= 0.6 is 11.6 Å². The van der Waals surface area contributed by atoms with E-state index in [1.165, 1.54) is 12.4 Å². The third kappa shape index (κ3) is 3.49. The van der Waals surface area contributed by atoms with Crippen molar-refractivity contribution in [3.8, 4) is 0 Å². The van der Waals surface area contributed by atoms with Crippen LogP contribution in [0.2, 0.25) is 5.02 Å². The smallest absolute Gasteiger partial charge is 0.254 e. The number of methoxy groups -OCH3 is 1.